The summed E-state index contributed by atoms with van der Waals surface area (Å²) >= 11 is 0. The lowest BCUT2D eigenvalue weighted by molar-refractivity contribution is -0.384. The van der Waals surface area contributed by atoms with Gasteiger partial charge in [-0.25, -0.2) is 0 Å². The van der Waals surface area contributed by atoms with Crippen molar-refractivity contribution in [1.82, 2.24) is 0 Å². The molecule has 110 valence electrons. The van der Waals surface area contributed by atoms with Gasteiger partial charge in [-0.3, -0.25) is 10.1 Å². The smallest absolute Gasteiger partial charge is 0.293 e. The molecule has 1 heterocycles. The Morgan fingerprint density at radius 3 is 2.90 bits per heavy atom. The second-order valence-electron chi connectivity index (χ2n) is 5.05. The third-order valence-electron chi connectivity index (χ3n) is 3.48. The van der Waals surface area contributed by atoms with Gasteiger partial charge in [-0.1, -0.05) is 0 Å². The van der Waals surface area contributed by atoms with Gasteiger partial charge in [0, 0.05) is 31.8 Å². The average Bonchev–Trinajstić information content (AvgIpc) is 2.63. The van der Waals surface area contributed by atoms with Gasteiger partial charge in [-0.2, -0.15) is 0 Å². The van der Waals surface area contributed by atoms with Crippen LogP contribution in [-0.4, -0.2) is 37.8 Å². The molecule has 0 spiro atoms. The predicted molar refractivity (Wildman–Crippen MR) is 76.6 cm³/mol. The summed E-state index contributed by atoms with van der Waals surface area (Å²) in [6.45, 7) is 5.87. The molecule has 1 aromatic rings. The molecule has 1 fully saturated rings. The summed E-state index contributed by atoms with van der Waals surface area (Å²) in [5, 5.41) is 11.3. The molecule has 0 bridgehead atoms. The van der Waals surface area contributed by atoms with Crippen LogP contribution >= 0.6 is 0 Å². The molecule has 1 aliphatic rings. The maximum absolute atomic E-state index is 11.3. The van der Waals surface area contributed by atoms with Crippen molar-refractivity contribution in [2.45, 2.75) is 26.4 Å². The molecule has 1 aliphatic heterocycles. The zero-order valence-electron chi connectivity index (χ0n) is 12.1. The number of rotatable bonds is 3. The van der Waals surface area contributed by atoms with E-state index in [1.165, 1.54) is 0 Å². The minimum Gasteiger partial charge on any atom is -0.496 e. The predicted octanol–water partition coefficient (Wildman–Crippen LogP) is 2.53. The molecular weight excluding hydrogens is 260 g/mol. The Labute approximate surface area is 118 Å². The summed E-state index contributed by atoms with van der Waals surface area (Å²) in [4.78, 5) is 13.0. The van der Waals surface area contributed by atoms with Crippen LogP contribution in [0.1, 0.15) is 18.9 Å². The molecule has 0 radical (unpaired) electrons. The van der Waals surface area contributed by atoms with E-state index < -0.39 is 0 Å². The first-order valence-electron chi connectivity index (χ1n) is 6.72. The van der Waals surface area contributed by atoms with Gasteiger partial charge < -0.3 is 14.4 Å². The summed E-state index contributed by atoms with van der Waals surface area (Å²) in [6, 6.07) is 3.33. The van der Waals surface area contributed by atoms with Crippen molar-refractivity contribution in [3.05, 3.63) is 27.8 Å². The summed E-state index contributed by atoms with van der Waals surface area (Å²) in [7, 11) is 1.58. The molecule has 6 nitrogen and oxygen atoms in total. The van der Waals surface area contributed by atoms with Crippen molar-refractivity contribution < 1.29 is 14.4 Å². The van der Waals surface area contributed by atoms with E-state index in [1.807, 2.05) is 18.7 Å². The lowest BCUT2D eigenvalue weighted by atomic mass is 10.1. The number of methoxy groups -OCH3 is 1. The third kappa shape index (κ3) is 3.01. The van der Waals surface area contributed by atoms with Crippen molar-refractivity contribution in [2.75, 3.05) is 31.7 Å². The standard InChI is InChI=1S/C14H20N2O4/c1-10-7-13(16(17)18)12(8-14(10)19-3)15-5-4-6-20-11(2)9-15/h7-8,11H,4-6,9H2,1-3H3. The molecule has 20 heavy (non-hydrogen) atoms. The lowest BCUT2D eigenvalue weighted by Gasteiger charge is -2.24. The quantitative estimate of drug-likeness (QED) is 0.629. The molecule has 1 aromatic carbocycles. The molecule has 0 aliphatic carbocycles. The number of hydrogen-bond acceptors (Lipinski definition) is 5. The van der Waals surface area contributed by atoms with E-state index in [1.54, 1.807) is 19.2 Å². The maximum Gasteiger partial charge on any atom is 0.293 e. The molecule has 0 aromatic heterocycles. The molecule has 1 unspecified atom stereocenters. The van der Waals surface area contributed by atoms with Crippen LogP contribution in [-0.2, 0) is 4.74 Å². The van der Waals surface area contributed by atoms with Gasteiger partial charge in [0.2, 0.25) is 0 Å². The highest BCUT2D eigenvalue weighted by atomic mass is 16.6. The summed E-state index contributed by atoms with van der Waals surface area (Å²) < 4.78 is 10.9. The highest BCUT2D eigenvalue weighted by molar-refractivity contribution is 5.68. The van der Waals surface area contributed by atoms with Crippen LogP contribution in [0.25, 0.3) is 0 Å². The fourth-order valence-corrected chi connectivity index (χ4v) is 2.49. The summed E-state index contributed by atoms with van der Waals surface area (Å²) in [5.74, 6) is 0.670. The number of nitro benzene ring substituents is 1. The average molecular weight is 280 g/mol. The van der Waals surface area contributed by atoms with E-state index in [2.05, 4.69) is 0 Å². The topological polar surface area (TPSA) is 64.8 Å². The van der Waals surface area contributed by atoms with Gasteiger partial charge in [0.25, 0.3) is 5.69 Å². The Bertz CT molecular complexity index is 504. The number of nitro groups is 1. The maximum atomic E-state index is 11.3. The molecule has 1 atom stereocenters. The fourth-order valence-electron chi connectivity index (χ4n) is 2.49. The highest BCUT2D eigenvalue weighted by Gasteiger charge is 2.24. The molecule has 1 saturated heterocycles. The Balaban J connectivity index is 2.44. The Morgan fingerprint density at radius 2 is 2.25 bits per heavy atom. The number of nitrogens with zero attached hydrogens (tertiary/aromatic N) is 2. The molecule has 2 rings (SSSR count). The number of anilines is 1. The molecule has 6 heteroatoms. The second kappa shape index (κ2) is 6.09. The van der Waals surface area contributed by atoms with Crippen molar-refractivity contribution in [3.63, 3.8) is 0 Å². The summed E-state index contributed by atoms with van der Waals surface area (Å²) in [6.07, 6.45) is 0.918. The molecule has 0 saturated carbocycles. The minimum absolute atomic E-state index is 0.0596. The van der Waals surface area contributed by atoms with Gasteiger partial charge >= 0.3 is 0 Å². The molecular formula is C14H20N2O4. The van der Waals surface area contributed by atoms with Crippen LogP contribution in [0.2, 0.25) is 0 Å². The number of ether oxygens (including phenoxy) is 2. The molecule has 0 amide bonds. The first kappa shape index (κ1) is 14.6. The van der Waals surface area contributed by atoms with Crippen molar-refractivity contribution in [1.29, 1.82) is 0 Å². The third-order valence-corrected chi connectivity index (χ3v) is 3.48. The van der Waals surface area contributed by atoms with Gasteiger partial charge in [0.05, 0.1) is 18.1 Å². The highest BCUT2D eigenvalue weighted by Crippen LogP contribution is 2.35. The van der Waals surface area contributed by atoms with E-state index in [0.717, 1.165) is 18.5 Å². The first-order chi connectivity index (χ1) is 9.52. The van der Waals surface area contributed by atoms with Crippen LogP contribution in [0.15, 0.2) is 12.1 Å². The van der Waals surface area contributed by atoms with Gasteiger partial charge in [-0.05, 0) is 25.8 Å². The van der Waals surface area contributed by atoms with Crippen LogP contribution in [0, 0.1) is 17.0 Å². The van der Waals surface area contributed by atoms with E-state index in [-0.39, 0.29) is 16.7 Å². The van der Waals surface area contributed by atoms with Crippen LogP contribution in [0.5, 0.6) is 5.75 Å². The number of hydrogen-bond donors (Lipinski definition) is 0. The second-order valence-corrected chi connectivity index (χ2v) is 5.05. The normalized spacial score (nSPS) is 19.6. The van der Waals surface area contributed by atoms with Gasteiger partial charge in [0.1, 0.15) is 11.4 Å². The minimum atomic E-state index is -0.335. The summed E-state index contributed by atoms with van der Waals surface area (Å²) in [5.41, 5.74) is 1.49. The Kier molecular flexibility index (Phi) is 4.44. The molecule has 0 N–H and O–H groups in total. The van der Waals surface area contributed by atoms with Crippen molar-refractivity contribution >= 4 is 11.4 Å². The van der Waals surface area contributed by atoms with Gasteiger partial charge in [0.15, 0.2) is 0 Å². The van der Waals surface area contributed by atoms with Crippen molar-refractivity contribution in [2.24, 2.45) is 0 Å². The monoisotopic (exact) mass is 280 g/mol. The van der Waals surface area contributed by atoms with E-state index >= 15 is 0 Å². The van der Waals surface area contributed by atoms with Crippen LogP contribution in [0.4, 0.5) is 11.4 Å². The van der Waals surface area contributed by atoms with E-state index in [9.17, 15) is 10.1 Å². The van der Waals surface area contributed by atoms with E-state index in [0.29, 0.717) is 24.6 Å². The zero-order chi connectivity index (χ0) is 14.7. The SMILES string of the molecule is COc1cc(N2CCCOC(C)C2)c([N+](=O)[O-])cc1C. The Morgan fingerprint density at radius 1 is 1.50 bits per heavy atom. The lowest BCUT2D eigenvalue weighted by Crippen LogP contribution is -2.30. The number of benzene rings is 1. The van der Waals surface area contributed by atoms with Crippen molar-refractivity contribution in [3.8, 4) is 5.75 Å². The van der Waals surface area contributed by atoms with Crippen LogP contribution in [0.3, 0.4) is 0 Å². The van der Waals surface area contributed by atoms with E-state index in [4.69, 9.17) is 9.47 Å². The van der Waals surface area contributed by atoms with Gasteiger partial charge in [-0.15, -0.1) is 0 Å². The Hall–Kier alpha value is -1.82. The number of aryl methyl sites for hydroxylation is 1. The first-order valence-corrected chi connectivity index (χ1v) is 6.72. The largest absolute Gasteiger partial charge is 0.496 e. The fraction of sp³-hybridized carbons (Fsp3) is 0.571. The zero-order valence-corrected chi connectivity index (χ0v) is 12.1. The van der Waals surface area contributed by atoms with Crippen LogP contribution < -0.4 is 9.64 Å².